The Morgan fingerprint density at radius 3 is 2.73 bits per heavy atom. The first-order chi connectivity index (χ1) is 7.18. The molecule has 3 nitrogen and oxygen atoms in total. The molecule has 0 amide bonds. The minimum absolute atomic E-state index is 0.0481. The van der Waals surface area contributed by atoms with Gasteiger partial charge >= 0.3 is 0 Å². The first-order valence-corrected chi connectivity index (χ1v) is 6.50. The lowest BCUT2D eigenvalue weighted by atomic mass is 10.2. The van der Waals surface area contributed by atoms with Crippen LogP contribution in [0.3, 0.4) is 0 Å². The van der Waals surface area contributed by atoms with Crippen LogP contribution in [0.2, 0.25) is 0 Å². The highest BCUT2D eigenvalue weighted by atomic mass is 32.1. The van der Waals surface area contributed by atoms with E-state index in [2.05, 4.69) is 22.3 Å². The van der Waals surface area contributed by atoms with Gasteiger partial charge in [0.1, 0.15) is 0 Å². The van der Waals surface area contributed by atoms with Crippen molar-refractivity contribution in [1.82, 2.24) is 4.98 Å². The number of aromatic nitrogens is 1. The van der Waals surface area contributed by atoms with E-state index in [-0.39, 0.29) is 6.04 Å². The molecule has 1 saturated carbocycles. The number of thiazole rings is 1. The smallest absolute Gasteiger partial charge is 0.185 e. The molecule has 84 valence electrons. The average molecular weight is 225 g/mol. The molecular formula is C11H19N3S. The van der Waals surface area contributed by atoms with Gasteiger partial charge in [-0.1, -0.05) is 12.8 Å². The molecule has 1 heterocycles. The molecule has 1 aromatic rings. The van der Waals surface area contributed by atoms with Crippen molar-refractivity contribution in [2.24, 2.45) is 5.73 Å². The fourth-order valence-corrected chi connectivity index (χ4v) is 3.06. The minimum Gasteiger partial charge on any atom is -0.348 e. The summed E-state index contributed by atoms with van der Waals surface area (Å²) in [6.07, 6.45) is 5.34. The highest BCUT2D eigenvalue weighted by Gasteiger charge is 2.21. The first-order valence-electron chi connectivity index (χ1n) is 5.62. The van der Waals surface area contributed by atoms with Crippen molar-refractivity contribution >= 4 is 16.5 Å². The molecule has 0 aliphatic heterocycles. The van der Waals surface area contributed by atoms with Crippen molar-refractivity contribution in [1.29, 1.82) is 0 Å². The molecule has 0 aromatic carbocycles. The normalized spacial score (nSPS) is 19.4. The Kier molecular flexibility index (Phi) is 3.26. The van der Waals surface area contributed by atoms with Gasteiger partial charge in [0.25, 0.3) is 0 Å². The maximum absolute atomic E-state index is 5.81. The van der Waals surface area contributed by atoms with Crippen LogP contribution < -0.4 is 10.6 Å². The lowest BCUT2D eigenvalue weighted by Crippen LogP contribution is -2.28. The Morgan fingerprint density at radius 1 is 1.53 bits per heavy atom. The van der Waals surface area contributed by atoms with Crippen molar-refractivity contribution in [2.45, 2.75) is 44.7 Å². The first kappa shape index (κ1) is 10.9. The van der Waals surface area contributed by atoms with Gasteiger partial charge in [-0.15, -0.1) is 11.3 Å². The summed E-state index contributed by atoms with van der Waals surface area (Å²) in [6, 6.07) is 0.740. The number of anilines is 1. The third-order valence-electron chi connectivity index (χ3n) is 3.15. The van der Waals surface area contributed by atoms with Crippen LogP contribution in [0.25, 0.3) is 0 Å². The van der Waals surface area contributed by atoms with Gasteiger partial charge in [-0.25, -0.2) is 4.98 Å². The summed E-state index contributed by atoms with van der Waals surface area (Å²) in [7, 11) is 2.15. The van der Waals surface area contributed by atoms with Crippen LogP contribution in [-0.2, 0) is 0 Å². The van der Waals surface area contributed by atoms with Crippen LogP contribution >= 0.6 is 11.3 Å². The zero-order chi connectivity index (χ0) is 10.8. The van der Waals surface area contributed by atoms with Crippen LogP contribution in [0.15, 0.2) is 5.38 Å². The van der Waals surface area contributed by atoms with Crippen molar-refractivity contribution in [2.75, 3.05) is 11.9 Å². The maximum Gasteiger partial charge on any atom is 0.185 e. The van der Waals surface area contributed by atoms with Gasteiger partial charge in [-0.3, -0.25) is 0 Å². The molecule has 1 aliphatic carbocycles. The van der Waals surface area contributed by atoms with E-state index in [1.807, 2.05) is 6.92 Å². The summed E-state index contributed by atoms with van der Waals surface area (Å²) in [5.74, 6) is 0. The van der Waals surface area contributed by atoms with E-state index in [1.165, 1.54) is 25.7 Å². The average Bonchev–Trinajstić information content (AvgIpc) is 2.88. The van der Waals surface area contributed by atoms with Gasteiger partial charge in [-0.2, -0.15) is 0 Å². The molecule has 0 radical (unpaired) electrons. The topological polar surface area (TPSA) is 42.1 Å². The molecule has 2 rings (SSSR count). The van der Waals surface area contributed by atoms with Crippen LogP contribution in [-0.4, -0.2) is 18.1 Å². The van der Waals surface area contributed by atoms with Crippen molar-refractivity contribution in [3.8, 4) is 0 Å². The van der Waals surface area contributed by atoms with Crippen molar-refractivity contribution in [3.05, 3.63) is 11.1 Å². The molecule has 15 heavy (non-hydrogen) atoms. The zero-order valence-electron chi connectivity index (χ0n) is 9.44. The van der Waals surface area contributed by atoms with Crippen LogP contribution in [0, 0.1) is 0 Å². The third-order valence-corrected chi connectivity index (χ3v) is 4.10. The summed E-state index contributed by atoms with van der Waals surface area (Å²) in [5, 5.41) is 3.19. The van der Waals surface area contributed by atoms with Crippen LogP contribution in [0.5, 0.6) is 0 Å². The number of hydrogen-bond donors (Lipinski definition) is 1. The highest BCUT2D eigenvalue weighted by Crippen LogP contribution is 2.29. The number of nitrogens with zero attached hydrogens (tertiary/aromatic N) is 2. The zero-order valence-corrected chi connectivity index (χ0v) is 10.3. The highest BCUT2D eigenvalue weighted by molar-refractivity contribution is 7.13. The quantitative estimate of drug-likeness (QED) is 0.859. The fourth-order valence-electron chi connectivity index (χ4n) is 2.10. The lowest BCUT2D eigenvalue weighted by molar-refractivity contribution is 0.649. The minimum atomic E-state index is 0.0481. The molecule has 0 bridgehead atoms. The molecule has 0 spiro atoms. The SMILES string of the molecule is CC(N)c1csc(N(C)C2CCCC2)n1. The third kappa shape index (κ3) is 2.32. The Labute approximate surface area is 95.3 Å². The molecule has 1 fully saturated rings. The fraction of sp³-hybridized carbons (Fsp3) is 0.727. The predicted octanol–water partition coefficient (Wildman–Crippen LogP) is 2.54. The second-order valence-corrected chi connectivity index (χ2v) is 5.23. The summed E-state index contributed by atoms with van der Waals surface area (Å²) in [5.41, 5.74) is 6.82. The summed E-state index contributed by atoms with van der Waals surface area (Å²) in [4.78, 5) is 6.90. The van der Waals surface area contributed by atoms with E-state index in [0.29, 0.717) is 6.04 Å². The molecule has 4 heteroatoms. The van der Waals surface area contributed by atoms with E-state index in [1.54, 1.807) is 11.3 Å². The second kappa shape index (κ2) is 4.49. The Morgan fingerprint density at radius 2 is 2.20 bits per heavy atom. The standard InChI is InChI=1S/C11H19N3S/c1-8(12)10-7-15-11(13-10)14(2)9-5-3-4-6-9/h7-9H,3-6,12H2,1-2H3. The van der Waals surface area contributed by atoms with Gasteiger partial charge in [-0.05, 0) is 19.8 Å². The Hall–Kier alpha value is -0.610. The monoisotopic (exact) mass is 225 g/mol. The van der Waals surface area contributed by atoms with Gasteiger partial charge in [0, 0.05) is 24.5 Å². The molecule has 1 aliphatic rings. The molecule has 2 N–H and O–H groups in total. The van der Waals surface area contributed by atoms with Crippen molar-refractivity contribution < 1.29 is 0 Å². The molecule has 1 aromatic heterocycles. The largest absolute Gasteiger partial charge is 0.348 e. The van der Waals surface area contributed by atoms with Crippen LogP contribution in [0.1, 0.15) is 44.3 Å². The van der Waals surface area contributed by atoms with Gasteiger partial charge in [0.15, 0.2) is 5.13 Å². The van der Waals surface area contributed by atoms with E-state index in [0.717, 1.165) is 10.8 Å². The number of rotatable bonds is 3. The van der Waals surface area contributed by atoms with E-state index >= 15 is 0 Å². The molecular weight excluding hydrogens is 206 g/mol. The van der Waals surface area contributed by atoms with Crippen molar-refractivity contribution in [3.63, 3.8) is 0 Å². The lowest BCUT2D eigenvalue weighted by Gasteiger charge is -2.23. The molecule has 1 atom stereocenters. The van der Waals surface area contributed by atoms with E-state index in [9.17, 15) is 0 Å². The summed E-state index contributed by atoms with van der Waals surface area (Å²) >= 11 is 1.71. The van der Waals surface area contributed by atoms with Gasteiger partial charge in [0.05, 0.1) is 5.69 Å². The second-order valence-electron chi connectivity index (χ2n) is 4.39. The van der Waals surface area contributed by atoms with Crippen LogP contribution in [0.4, 0.5) is 5.13 Å². The van der Waals surface area contributed by atoms with E-state index in [4.69, 9.17) is 5.73 Å². The maximum atomic E-state index is 5.81. The molecule has 1 unspecified atom stereocenters. The number of nitrogens with two attached hydrogens (primary N) is 1. The summed E-state index contributed by atoms with van der Waals surface area (Å²) in [6.45, 7) is 1.98. The van der Waals surface area contributed by atoms with Gasteiger partial charge < -0.3 is 10.6 Å². The molecule has 0 saturated heterocycles. The number of hydrogen-bond acceptors (Lipinski definition) is 4. The van der Waals surface area contributed by atoms with Gasteiger partial charge in [0.2, 0.25) is 0 Å². The Balaban J connectivity index is 2.07. The summed E-state index contributed by atoms with van der Waals surface area (Å²) < 4.78 is 0. The Bertz CT molecular complexity index is 315. The predicted molar refractivity (Wildman–Crippen MR) is 65.4 cm³/mol. The van der Waals surface area contributed by atoms with E-state index < -0.39 is 0 Å².